The Labute approximate surface area is 248 Å². The fourth-order valence-electron chi connectivity index (χ4n) is 4.13. The van der Waals surface area contributed by atoms with Gasteiger partial charge in [0.15, 0.2) is 12.2 Å². The van der Waals surface area contributed by atoms with Gasteiger partial charge in [-0.05, 0) is 19.9 Å². The van der Waals surface area contributed by atoms with E-state index in [1.54, 1.807) is 13.8 Å². The minimum atomic E-state index is -4.06. The van der Waals surface area contributed by atoms with Crippen LogP contribution < -0.4 is 10.0 Å². The molecule has 1 aliphatic heterocycles. The van der Waals surface area contributed by atoms with E-state index in [0.717, 1.165) is 27.7 Å². The summed E-state index contributed by atoms with van der Waals surface area (Å²) in [5, 5.41) is -0.0753. The maximum atomic E-state index is 13.9. The third kappa shape index (κ3) is 10.3. The summed E-state index contributed by atoms with van der Waals surface area (Å²) in [5.74, 6) is -3.97. The molecule has 0 radical (unpaired) electrons. The van der Waals surface area contributed by atoms with Gasteiger partial charge < -0.3 is 42.2 Å². The predicted octanol–water partition coefficient (Wildman–Crippen LogP) is 2.10. The molecule has 0 aromatic heterocycles. The normalized spacial score (nSPS) is 21.7. The molecule has 1 saturated heterocycles. The molecule has 2 rings (SSSR count). The number of ether oxygens (including phenoxy) is 7. The van der Waals surface area contributed by atoms with E-state index in [2.05, 4.69) is 0 Å². The highest BCUT2D eigenvalue weighted by molar-refractivity contribution is 7.62. The average molecular weight is 633 g/mol. The smallest absolute Gasteiger partial charge is 0.365 e. The van der Waals surface area contributed by atoms with Crippen molar-refractivity contribution in [2.45, 2.75) is 85.8 Å². The molecule has 43 heavy (non-hydrogen) atoms. The zero-order chi connectivity index (χ0) is 32.3. The van der Waals surface area contributed by atoms with Crippen LogP contribution >= 0.6 is 7.60 Å². The fourth-order valence-corrected chi connectivity index (χ4v) is 5.88. The third-order valence-electron chi connectivity index (χ3n) is 5.58. The molecule has 1 fully saturated rings. The Bertz CT molecular complexity index is 1200. The van der Waals surface area contributed by atoms with Gasteiger partial charge in [-0.2, -0.15) is 0 Å². The first-order valence-corrected chi connectivity index (χ1v) is 14.9. The minimum Gasteiger partial charge on any atom is -0.463 e. The second-order valence-electron chi connectivity index (χ2n) is 9.06. The average Bonchev–Trinajstić information content (AvgIpc) is 2.89. The largest absolute Gasteiger partial charge is 0.463 e. The van der Waals surface area contributed by atoms with Crippen LogP contribution in [0.1, 0.15) is 54.0 Å². The summed E-state index contributed by atoms with van der Waals surface area (Å²) in [4.78, 5) is 59.7. The van der Waals surface area contributed by atoms with Crippen molar-refractivity contribution in [1.29, 1.82) is 0 Å². The third-order valence-corrected chi connectivity index (χ3v) is 7.72. The zero-order valence-electron chi connectivity index (χ0n) is 25.0. The van der Waals surface area contributed by atoms with Crippen molar-refractivity contribution in [1.82, 2.24) is 0 Å². The first-order chi connectivity index (χ1) is 20.2. The molecular weight excluding hydrogens is 595 g/mol. The maximum Gasteiger partial charge on any atom is 0.365 e. The van der Waals surface area contributed by atoms with Gasteiger partial charge in [-0.1, -0.05) is 12.1 Å². The van der Waals surface area contributed by atoms with E-state index in [1.165, 1.54) is 25.1 Å². The standard InChI is InChI=1S/C27H37O15P/c1-8-36-43(33,37-9-2)22-12-10-11-20(13-34-15(3)28)23(22)42-27-26(40-19(7)32)25(39-18(6)31)24(38-17(5)30)21(41-27)14-35-16(4)29/h10-12,21,24-27H,8-9,13-14H2,1-7H3/t21-,24-,25+,26-,27+/m1/s1. The van der Waals surface area contributed by atoms with Gasteiger partial charge in [-0.15, -0.1) is 0 Å². The molecule has 15 nitrogen and oxygen atoms in total. The van der Waals surface area contributed by atoms with Gasteiger partial charge in [0.2, 0.25) is 12.4 Å². The molecule has 0 bridgehead atoms. The number of carbonyl (C=O) groups excluding carboxylic acids is 5. The summed E-state index contributed by atoms with van der Waals surface area (Å²) in [7, 11) is -4.06. The highest BCUT2D eigenvalue weighted by Gasteiger charge is 2.54. The van der Waals surface area contributed by atoms with Crippen LogP contribution in [0, 0.1) is 0 Å². The number of para-hydroxylation sites is 1. The molecule has 0 saturated carbocycles. The van der Waals surface area contributed by atoms with Crippen LogP contribution in [0.3, 0.4) is 0 Å². The van der Waals surface area contributed by atoms with E-state index >= 15 is 0 Å². The Morgan fingerprint density at radius 3 is 1.79 bits per heavy atom. The van der Waals surface area contributed by atoms with Crippen molar-refractivity contribution in [3.05, 3.63) is 23.8 Å². The molecule has 1 aromatic rings. The molecule has 0 amide bonds. The predicted molar refractivity (Wildman–Crippen MR) is 145 cm³/mol. The molecule has 1 aromatic carbocycles. The van der Waals surface area contributed by atoms with Crippen molar-refractivity contribution in [3.63, 3.8) is 0 Å². The lowest BCUT2D eigenvalue weighted by Crippen LogP contribution is -2.63. The summed E-state index contributed by atoms with van der Waals surface area (Å²) in [5.41, 5.74) is 0.195. The van der Waals surface area contributed by atoms with Gasteiger partial charge in [0.25, 0.3) is 0 Å². The zero-order valence-corrected chi connectivity index (χ0v) is 25.9. The van der Waals surface area contributed by atoms with Crippen LogP contribution in [0.15, 0.2) is 18.2 Å². The van der Waals surface area contributed by atoms with Gasteiger partial charge in [-0.3, -0.25) is 28.5 Å². The monoisotopic (exact) mass is 632 g/mol. The summed E-state index contributed by atoms with van der Waals surface area (Å²) >= 11 is 0. The lowest BCUT2D eigenvalue weighted by atomic mass is 9.98. The molecule has 0 aliphatic carbocycles. The van der Waals surface area contributed by atoms with Gasteiger partial charge in [0.05, 0.1) is 13.2 Å². The summed E-state index contributed by atoms with van der Waals surface area (Å²) in [6.45, 7) is 7.93. The lowest BCUT2D eigenvalue weighted by molar-refractivity contribution is -0.288. The minimum absolute atomic E-state index is 0.00998. The van der Waals surface area contributed by atoms with Crippen molar-refractivity contribution in [3.8, 4) is 5.75 Å². The lowest BCUT2D eigenvalue weighted by Gasteiger charge is -2.44. The number of rotatable bonds is 14. The second-order valence-corrected chi connectivity index (χ2v) is 11.1. The van der Waals surface area contributed by atoms with E-state index in [0.29, 0.717) is 0 Å². The van der Waals surface area contributed by atoms with E-state index < -0.39 is 74.8 Å². The molecule has 5 atom stereocenters. The topological polar surface area (TPSA) is 185 Å². The first-order valence-electron chi connectivity index (χ1n) is 13.3. The number of hydrogen-bond acceptors (Lipinski definition) is 15. The highest BCUT2D eigenvalue weighted by Crippen LogP contribution is 2.50. The summed E-state index contributed by atoms with van der Waals surface area (Å²) in [6, 6.07) is 4.43. The van der Waals surface area contributed by atoms with Crippen LogP contribution in [0.5, 0.6) is 5.75 Å². The Balaban J connectivity index is 2.76. The van der Waals surface area contributed by atoms with Crippen molar-refractivity contribution < 1.29 is 70.7 Å². The van der Waals surface area contributed by atoms with Crippen molar-refractivity contribution in [2.75, 3.05) is 19.8 Å². The van der Waals surface area contributed by atoms with E-state index in [4.69, 9.17) is 42.2 Å². The number of benzene rings is 1. The fraction of sp³-hybridized carbons (Fsp3) is 0.593. The van der Waals surface area contributed by atoms with Crippen molar-refractivity contribution in [2.24, 2.45) is 0 Å². The van der Waals surface area contributed by atoms with E-state index in [9.17, 15) is 28.5 Å². The highest BCUT2D eigenvalue weighted by atomic mass is 31.2. The van der Waals surface area contributed by atoms with Crippen LogP contribution in [0.25, 0.3) is 0 Å². The van der Waals surface area contributed by atoms with E-state index in [-0.39, 0.29) is 36.4 Å². The molecule has 0 N–H and O–H groups in total. The Morgan fingerprint density at radius 2 is 1.28 bits per heavy atom. The van der Waals surface area contributed by atoms with Gasteiger partial charge in [0, 0.05) is 40.2 Å². The maximum absolute atomic E-state index is 13.9. The van der Waals surface area contributed by atoms with Crippen LogP contribution in [-0.4, -0.2) is 80.4 Å². The number of carbonyl (C=O) groups is 5. The van der Waals surface area contributed by atoms with E-state index in [1.807, 2.05) is 0 Å². The Morgan fingerprint density at radius 1 is 0.744 bits per heavy atom. The Kier molecular flexibility index (Phi) is 13.6. The van der Waals surface area contributed by atoms with Crippen LogP contribution in [0.2, 0.25) is 0 Å². The van der Waals surface area contributed by atoms with Gasteiger partial charge in [0.1, 0.15) is 30.4 Å². The number of hydrogen-bond donors (Lipinski definition) is 0. The van der Waals surface area contributed by atoms with Gasteiger partial charge in [-0.25, -0.2) is 0 Å². The molecule has 1 aliphatic rings. The molecule has 0 unspecified atom stereocenters. The van der Waals surface area contributed by atoms with Crippen LogP contribution in [-0.2, 0) is 72.6 Å². The summed E-state index contributed by atoms with van der Waals surface area (Å²) < 4.78 is 63.7. The van der Waals surface area contributed by atoms with Gasteiger partial charge >= 0.3 is 37.4 Å². The first kappa shape index (κ1) is 35.7. The van der Waals surface area contributed by atoms with Crippen LogP contribution in [0.4, 0.5) is 0 Å². The second kappa shape index (κ2) is 16.4. The molecule has 1 heterocycles. The quantitative estimate of drug-likeness (QED) is 0.165. The molecule has 0 spiro atoms. The van der Waals surface area contributed by atoms with Crippen molar-refractivity contribution >= 4 is 42.7 Å². The Hall–Kier alpha value is -3.52. The summed E-state index contributed by atoms with van der Waals surface area (Å²) in [6.07, 6.45) is -7.47. The number of esters is 5. The molecule has 240 valence electrons. The molecule has 16 heteroatoms. The molecular formula is C27H37O15P. The SMILES string of the molecule is CCOP(=O)(OCC)c1cccc(COC(C)=O)c1O[C@@H]1O[C@H](COC(C)=O)[C@@H](OC(C)=O)[C@H](OC(C)=O)[C@H]1OC(C)=O.